The van der Waals surface area contributed by atoms with Crippen LogP contribution in [-0.2, 0) is 6.18 Å². The highest BCUT2D eigenvalue weighted by atomic mass is 35.5. The van der Waals surface area contributed by atoms with Gasteiger partial charge in [0, 0.05) is 30.2 Å². The number of piperidine rings is 1. The van der Waals surface area contributed by atoms with Gasteiger partial charge in [0.15, 0.2) is 0 Å². The minimum absolute atomic E-state index is 0. The zero-order valence-electron chi connectivity index (χ0n) is 22.0. The van der Waals surface area contributed by atoms with Gasteiger partial charge in [0.05, 0.1) is 23.3 Å². The Bertz CT molecular complexity index is 1350. The maximum absolute atomic E-state index is 13.3. The van der Waals surface area contributed by atoms with E-state index in [1.807, 2.05) is 24.3 Å². The molecule has 3 atom stereocenters. The number of benzene rings is 2. The van der Waals surface area contributed by atoms with E-state index in [9.17, 15) is 13.2 Å². The lowest BCUT2D eigenvalue weighted by Gasteiger charge is -2.36. The van der Waals surface area contributed by atoms with Crippen LogP contribution in [0.2, 0.25) is 0 Å². The van der Waals surface area contributed by atoms with Gasteiger partial charge in [0.1, 0.15) is 5.82 Å². The van der Waals surface area contributed by atoms with E-state index in [4.69, 9.17) is 4.98 Å². The van der Waals surface area contributed by atoms with Crippen LogP contribution in [0.25, 0.3) is 5.69 Å². The van der Waals surface area contributed by atoms with Gasteiger partial charge in [-0.25, -0.2) is 15.0 Å². The van der Waals surface area contributed by atoms with Gasteiger partial charge in [-0.15, -0.1) is 37.2 Å². The Balaban J connectivity index is 0.00000187. The lowest BCUT2D eigenvalue weighted by Crippen LogP contribution is -2.34. The molecule has 5 rings (SSSR count). The Labute approximate surface area is 250 Å². The zero-order chi connectivity index (χ0) is 26.0. The molecule has 1 N–H and O–H groups in total. The summed E-state index contributed by atoms with van der Waals surface area (Å²) in [4.78, 5) is 16.1. The summed E-state index contributed by atoms with van der Waals surface area (Å²) in [5.41, 5.74) is 1.84. The average Bonchev–Trinajstić information content (AvgIpc) is 3.39. The van der Waals surface area contributed by atoms with Crippen molar-refractivity contribution in [2.24, 2.45) is 0 Å². The summed E-state index contributed by atoms with van der Waals surface area (Å²) in [5.74, 6) is 1.40. The first-order valence-corrected chi connectivity index (χ1v) is 12.3. The number of nitrogens with one attached hydrogen (secondary N) is 1. The van der Waals surface area contributed by atoms with Gasteiger partial charge in [0.2, 0.25) is 5.95 Å². The molecule has 216 valence electrons. The van der Waals surface area contributed by atoms with Crippen molar-refractivity contribution in [1.82, 2.24) is 24.4 Å². The molecule has 40 heavy (non-hydrogen) atoms. The standard InChI is InChI=1S/C28H29F3N6.3ClH/c1-19(20-7-4-3-5-8-20)34-27-33-13-11-24(35-27)25-17-21(12-15-36(25)2)26-32-14-16-37(26)23-10-6-9-22(18-23)28(29,30)31;;;/h3-11,13-14,16,18-19,21,25H,12,15,17H2,1-2H3,(H,33,34,35);3*1H. The molecule has 1 aliphatic rings. The van der Waals surface area contributed by atoms with Gasteiger partial charge < -0.3 is 9.88 Å². The van der Waals surface area contributed by atoms with Crippen molar-refractivity contribution in [2.45, 2.75) is 43.9 Å². The van der Waals surface area contributed by atoms with Crippen LogP contribution in [0.1, 0.15) is 60.4 Å². The number of halogens is 6. The summed E-state index contributed by atoms with van der Waals surface area (Å²) in [6.07, 6.45) is 2.35. The third kappa shape index (κ3) is 7.46. The number of alkyl halides is 3. The van der Waals surface area contributed by atoms with Crippen molar-refractivity contribution in [2.75, 3.05) is 18.9 Å². The highest BCUT2D eigenvalue weighted by Crippen LogP contribution is 2.39. The summed E-state index contributed by atoms with van der Waals surface area (Å²) in [5, 5.41) is 3.39. The molecular formula is C28H32Cl3F3N6. The number of hydrogen-bond acceptors (Lipinski definition) is 5. The monoisotopic (exact) mass is 614 g/mol. The van der Waals surface area contributed by atoms with Crippen molar-refractivity contribution in [1.29, 1.82) is 0 Å². The SMILES string of the molecule is CC(Nc1nccc(C2CC(c3nccn3-c3cccc(C(F)(F)F)c3)CCN2C)n1)c1ccccc1.Cl.Cl.Cl. The van der Waals surface area contributed by atoms with Crippen molar-refractivity contribution in [3.05, 3.63) is 102 Å². The number of anilines is 1. The molecule has 0 amide bonds. The quantitative estimate of drug-likeness (QED) is 0.241. The number of likely N-dealkylation sites (tertiary alicyclic amines) is 1. The molecule has 3 heterocycles. The van der Waals surface area contributed by atoms with E-state index in [1.165, 1.54) is 12.1 Å². The van der Waals surface area contributed by atoms with Crippen molar-refractivity contribution in [3.63, 3.8) is 0 Å². The number of nitrogens with zero attached hydrogens (tertiary/aromatic N) is 5. The van der Waals surface area contributed by atoms with E-state index in [1.54, 1.807) is 29.2 Å². The van der Waals surface area contributed by atoms with Gasteiger partial charge in [-0.05, 0) is 63.2 Å². The highest BCUT2D eigenvalue weighted by Gasteiger charge is 2.33. The van der Waals surface area contributed by atoms with Crippen LogP contribution in [0.15, 0.2) is 79.3 Å². The second kappa shape index (κ2) is 14.2. The molecule has 12 heteroatoms. The number of imidazole rings is 1. The van der Waals surface area contributed by atoms with Crippen LogP contribution >= 0.6 is 37.2 Å². The molecule has 0 aliphatic carbocycles. The summed E-state index contributed by atoms with van der Waals surface area (Å²) < 4.78 is 41.7. The fraction of sp³-hybridized carbons (Fsp3) is 0.321. The first-order chi connectivity index (χ1) is 17.8. The molecule has 0 radical (unpaired) electrons. The van der Waals surface area contributed by atoms with Crippen LogP contribution in [-0.4, -0.2) is 38.0 Å². The van der Waals surface area contributed by atoms with Gasteiger partial charge in [-0.2, -0.15) is 13.2 Å². The van der Waals surface area contributed by atoms with Crippen LogP contribution < -0.4 is 5.32 Å². The second-order valence-corrected chi connectivity index (χ2v) is 9.50. The van der Waals surface area contributed by atoms with E-state index in [-0.39, 0.29) is 55.2 Å². The van der Waals surface area contributed by atoms with Gasteiger partial charge in [0.25, 0.3) is 0 Å². The van der Waals surface area contributed by atoms with E-state index >= 15 is 0 Å². The maximum atomic E-state index is 13.3. The highest BCUT2D eigenvalue weighted by molar-refractivity contribution is 5.86. The maximum Gasteiger partial charge on any atom is 0.416 e. The molecule has 2 aromatic heterocycles. The zero-order valence-corrected chi connectivity index (χ0v) is 24.4. The predicted molar refractivity (Wildman–Crippen MR) is 158 cm³/mol. The lowest BCUT2D eigenvalue weighted by atomic mass is 9.88. The molecule has 4 aromatic rings. The first kappa shape index (κ1) is 33.4. The molecule has 6 nitrogen and oxygen atoms in total. The Kier molecular flexibility index (Phi) is 11.8. The number of rotatable bonds is 6. The Morgan fingerprint density at radius 3 is 2.42 bits per heavy atom. The molecule has 1 aliphatic heterocycles. The minimum Gasteiger partial charge on any atom is -0.348 e. The average molecular weight is 616 g/mol. The summed E-state index contributed by atoms with van der Waals surface area (Å²) in [6.45, 7) is 2.89. The fourth-order valence-corrected chi connectivity index (χ4v) is 4.98. The topological polar surface area (TPSA) is 58.9 Å². The molecule has 3 unspecified atom stereocenters. The third-order valence-electron chi connectivity index (χ3n) is 7.02. The normalized spacial score (nSPS) is 18.0. The summed E-state index contributed by atoms with van der Waals surface area (Å²) in [7, 11) is 2.07. The van der Waals surface area contributed by atoms with Crippen LogP contribution in [0.4, 0.5) is 19.1 Å². The Hall–Kier alpha value is -2.85. The van der Waals surface area contributed by atoms with E-state index < -0.39 is 11.7 Å². The van der Waals surface area contributed by atoms with Gasteiger partial charge >= 0.3 is 6.18 Å². The van der Waals surface area contributed by atoms with Crippen molar-refractivity contribution in [3.8, 4) is 5.69 Å². The van der Waals surface area contributed by atoms with Crippen molar-refractivity contribution >= 4 is 43.2 Å². The summed E-state index contributed by atoms with van der Waals surface area (Å²) in [6, 6.07) is 17.5. The van der Waals surface area contributed by atoms with Crippen LogP contribution in [0.5, 0.6) is 0 Å². The lowest BCUT2D eigenvalue weighted by molar-refractivity contribution is -0.137. The van der Waals surface area contributed by atoms with Gasteiger partial charge in [-0.1, -0.05) is 36.4 Å². The van der Waals surface area contributed by atoms with Gasteiger partial charge in [-0.3, -0.25) is 4.90 Å². The molecule has 0 bridgehead atoms. The van der Waals surface area contributed by atoms with E-state index in [0.29, 0.717) is 11.6 Å². The number of aromatic nitrogens is 4. The summed E-state index contributed by atoms with van der Waals surface area (Å²) >= 11 is 0. The predicted octanol–water partition coefficient (Wildman–Crippen LogP) is 7.67. The molecule has 1 saturated heterocycles. The third-order valence-corrected chi connectivity index (χ3v) is 7.02. The Morgan fingerprint density at radius 2 is 1.70 bits per heavy atom. The van der Waals surface area contributed by atoms with Crippen molar-refractivity contribution < 1.29 is 13.2 Å². The minimum atomic E-state index is -4.40. The number of hydrogen-bond donors (Lipinski definition) is 1. The largest absolute Gasteiger partial charge is 0.416 e. The van der Waals surface area contributed by atoms with Crippen LogP contribution in [0.3, 0.4) is 0 Å². The van der Waals surface area contributed by atoms with E-state index in [2.05, 4.69) is 46.3 Å². The smallest absolute Gasteiger partial charge is 0.348 e. The molecule has 0 saturated carbocycles. The first-order valence-electron chi connectivity index (χ1n) is 12.3. The molecule has 2 aromatic carbocycles. The fourth-order valence-electron chi connectivity index (χ4n) is 4.98. The van der Waals surface area contributed by atoms with Crippen LogP contribution in [0, 0.1) is 0 Å². The van der Waals surface area contributed by atoms with E-state index in [0.717, 1.165) is 42.5 Å². The molecule has 0 spiro atoms. The Morgan fingerprint density at radius 1 is 0.950 bits per heavy atom. The molecule has 1 fully saturated rings. The molecular weight excluding hydrogens is 584 g/mol. The second-order valence-electron chi connectivity index (χ2n) is 9.50.